The van der Waals surface area contributed by atoms with Gasteiger partial charge in [-0.2, -0.15) is 0 Å². The van der Waals surface area contributed by atoms with Crippen LogP contribution in [0.2, 0.25) is 0 Å². The first-order chi connectivity index (χ1) is 9.83. The zero-order valence-electron chi connectivity index (χ0n) is 10.9. The second-order valence-electron chi connectivity index (χ2n) is 4.56. The van der Waals surface area contributed by atoms with Gasteiger partial charge in [0.25, 0.3) is 0 Å². The van der Waals surface area contributed by atoms with Gasteiger partial charge in [0, 0.05) is 28.7 Å². The Balaban J connectivity index is 1.68. The maximum absolute atomic E-state index is 12.0. The molecule has 20 heavy (non-hydrogen) atoms. The first-order valence-electron chi connectivity index (χ1n) is 6.52. The molecule has 2 aromatic rings. The number of amides is 2. The molecule has 0 radical (unpaired) electrons. The van der Waals surface area contributed by atoms with Gasteiger partial charge >= 0.3 is 6.03 Å². The lowest BCUT2D eigenvalue weighted by Crippen LogP contribution is -2.34. The van der Waals surface area contributed by atoms with Crippen LogP contribution in [-0.2, 0) is 0 Å². The van der Waals surface area contributed by atoms with Gasteiger partial charge in [0.05, 0.1) is 6.04 Å². The minimum atomic E-state index is -0.178. The van der Waals surface area contributed by atoms with Crippen LogP contribution in [0.15, 0.2) is 53.7 Å². The van der Waals surface area contributed by atoms with Crippen LogP contribution in [0.4, 0.5) is 10.5 Å². The SMILES string of the molecule is O=C(Nc1ccncc1)N[C@@H]1CCSc2ccccc21. The predicted molar refractivity (Wildman–Crippen MR) is 80.9 cm³/mol. The van der Waals surface area contributed by atoms with Crippen molar-refractivity contribution in [1.29, 1.82) is 0 Å². The summed E-state index contributed by atoms with van der Waals surface area (Å²) in [5.41, 5.74) is 1.95. The molecular formula is C15H15N3OS. The van der Waals surface area contributed by atoms with E-state index in [0.29, 0.717) is 0 Å². The van der Waals surface area contributed by atoms with E-state index in [1.54, 1.807) is 24.5 Å². The van der Waals surface area contributed by atoms with Crippen molar-refractivity contribution in [1.82, 2.24) is 10.3 Å². The predicted octanol–water partition coefficient (Wildman–Crippen LogP) is 3.44. The third-order valence-corrected chi connectivity index (χ3v) is 4.32. The lowest BCUT2D eigenvalue weighted by Gasteiger charge is -2.25. The lowest BCUT2D eigenvalue weighted by molar-refractivity contribution is 0.248. The zero-order valence-corrected chi connectivity index (χ0v) is 11.7. The van der Waals surface area contributed by atoms with Crippen LogP contribution in [0.5, 0.6) is 0 Å². The molecule has 0 spiro atoms. The molecule has 4 nitrogen and oxygen atoms in total. The second kappa shape index (κ2) is 5.96. The Hall–Kier alpha value is -2.01. The number of hydrogen-bond donors (Lipinski definition) is 2. The van der Waals surface area contributed by atoms with Gasteiger partial charge in [-0.15, -0.1) is 11.8 Å². The van der Waals surface area contributed by atoms with Crippen molar-refractivity contribution >= 4 is 23.5 Å². The number of carbonyl (C=O) groups excluding carboxylic acids is 1. The Morgan fingerprint density at radius 3 is 2.85 bits per heavy atom. The summed E-state index contributed by atoms with van der Waals surface area (Å²) < 4.78 is 0. The molecule has 1 aromatic carbocycles. The summed E-state index contributed by atoms with van der Waals surface area (Å²) in [5, 5.41) is 5.86. The lowest BCUT2D eigenvalue weighted by atomic mass is 10.0. The number of urea groups is 1. The number of rotatable bonds is 2. The topological polar surface area (TPSA) is 54.0 Å². The average molecular weight is 285 g/mol. The number of nitrogens with zero attached hydrogens (tertiary/aromatic N) is 1. The maximum atomic E-state index is 12.0. The Morgan fingerprint density at radius 2 is 2.00 bits per heavy atom. The number of fused-ring (bicyclic) bond motifs is 1. The first kappa shape index (κ1) is 13.0. The average Bonchev–Trinajstić information content (AvgIpc) is 2.48. The fourth-order valence-corrected chi connectivity index (χ4v) is 3.38. The number of thioether (sulfide) groups is 1. The normalized spacial score (nSPS) is 17.1. The Bertz CT molecular complexity index is 603. The summed E-state index contributed by atoms with van der Waals surface area (Å²) in [5.74, 6) is 1.03. The molecule has 1 atom stereocenters. The molecule has 0 saturated heterocycles. The van der Waals surface area contributed by atoms with Gasteiger partial charge in [0.2, 0.25) is 0 Å². The van der Waals surface area contributed by atoms with Crippen molar-refractivity contribution in [3.05, 3.63) is 54.4 Å². The van der Waals surface area contributed by atoms with Gasteiger partial charge in [0.1, 0.15) is 0 Å². The van der Waals surface area contributed by atoms with Crippen LogP contribution in [-0.4, -0.2) is 16.8 Å². The minimum Gasteiger partial charge on any atom is -0.331 e. The van der Waals surface area contributed by atoms with E-state index in [9.17, 15) is 4.79 Å². The summed E-state index contributed by atoms with van der Waals surface area (Å²) in [7, 11) is 0. The van der Waals surface area contributed by atoms with Crippen LogP contribution in [0.25, 0.3) is 0 Å². The van der Waals surface area contributed by atoms with E-state index in [1.807, 2.05) is 23.9 Å². The van der Waals surface area contributed by atoms with Gasteiger partial charge in [-0.3, -0.25) is 4.98 Å². The van der Waals surface area contributed by atoms with Gasteiger partial charge in [-0.05, 0) is 30.2 Å². The Kier molecular flexibility index (Phi) is 3.87. The van der Waals surface area contributed by atoms with E-state index in [2.05, 4.69) is 27.8 Å². The van der Waals surface area contributed by atoms with E-state index in [0.717, 1.165) is 17.9 Å². The first-order valence-corrected chi connectivity index (χ1v) is 7.51. The quantitative estimate of drug-likeness (QED) is 0.888. The molecule has 0 saturated carbocycles. The molecule has 2 amide bonds. The molecule has 1 aromatic heterocycles. The number of nitrogens with one attached hydrogen (secondary N) is 2. The summed E-state index contributed by atoms with van der Waals surface area (Å²) >= 11 is 1.84. The van der Waals surface area contributed by atoms with Gasteiger partial charge in [-0.1, -0.05) is 18.2 Å². The van der Waals surface area contributed by atoms with E-state index in [4.69, 9.17) is 0 Å². The van der Waals surface area contributed by atoms with Crippen molar-refractivity contribution in [2.45, 2.75) is 17.4 Å². The van der Waals surface area contributed by atoms with Crippen molar-refractivity contribution in [3.63, 3.8) is 0 Å². The second-order valence-corrected chi connectivity index (χ2v) is 5.70. The Labute approximate surface area is 122 Å². The van der Waals surface area contributed by atoms with Crippen LogP contribution in [0.1, 0.15) is 18.0 Å². The van der Waals surface area contributed by atoms with Crippen LogP contribution >= 0.6 is 11.8 Å². The summed E-state index contributed by atoms with van der Waals surface area (Å²) in [6.45, 7) is 0. The molecule has 0 fully saturated rings. The molecule has 3 rings (SSSR count). The van der Waals surface area contributed by atoms with Gasteiger partial charge in [0.15, 0.2) is 0 Å². The molecule has 2 heterocycles. The molecule has 1 aliphatic heterocycles. The van der Waals surface area contributed by atoms with Crippen molar-refractivity contribution < 1.29 is 4.79 Å². The molecule has 0 bridgehead atoms. The summed E-state index contributed by atoms with van der Waals surface area (Å²) in [6, 6.07) is 11.7. The smallest absolute Gasteiger partial charge is 0.319 e. The number of anilines is 1. The molecule has 0 aliphatic carbocycles. The number of benzene rings is 1. The van der Waals surface area contributed by atoms with Gasteiger partial charge in [-0.25, -0.2) is 4.79 Å². The van der Waals surface area contributed by atoms with Crippen molar-refractivity contribution in [3.8, 4) is 0 Å². The van der Waals surface area contributed by atoms with E-state index < -0.39 is 0 Å². The van der Waals surface area contributed by atoms with Crippen LogP contribution < -0.4 is 10.6 Å². The molecule has 1 aliphatic rings. The highest BCUT2D eigenvalue weighted by Gasteiger charge is 2.21. The third-order valence-electron chi connectivity index (χ3n) is 3.20. The van der Waals surface area contributed by atoms with Crippen LogP contribution in [0.3, 0.4) is 0 Å². The zero-order chi connectivity index (χ0) is 13.8. The largest absolute Gasteiger partial charge is 0.331 e. The number of aromatic nitrogens is 1. The van der Waals surface area contributed by atoms with Crippen LogP contribution in [0, 0.1) is 0 Å². The molecule has 0 unspecified atom stereocenters. The van der Waals surface area contributed by atoms with Crippen molar-refractivity contribution in [2.75, 3.05) is 11.1 Å². The Morgan fingerprint density at radius 1 is 1.20 bits per heavy atom. The highest BCUT2D eigenvalue weighted by atomic mass is 32.2. The van der Waals surface area contributed by atoms with E-state index in [1.165, 1.54) is 10.5 Å². The van der Waals surface area contributed by atoms with Crippen molar-refractivity contribution in [2.24, 2.45) is 0 Å². The fourth-order valence-electron chi connectivity index (χ4n) is 2.25. The minimum absolute atomic E-state index is 0.0780. The van der Waals surface area contributed by atoms with Gasteiger partial charge < -0.3 is 10.6 Å². The molecule has 2 N–H and O–H groups in total. The number of hydrogen-bond acceptors (Lipinski definition) is 3. The monoisotopic (exact) mass is 285 g/mol. The third kappa shape index (κ3) is 2.93. The van der Waals surface area contributed by atoms with E-state index in [-0.39, 0.29) is 12.1 Å². The maximum Gasteiger partial charge on any atom is 0.319 e. The summed E-state index contributed by atoms with van der Waals surface area (Å²) in [6.07, 6.45) is 4.26. The highest BCUT2D eigenvalue weighted by molar-refractivity contribution is 7.99. The van der Waals surface area contributed by atoms with E-state index >= 15 is 0 Å². The molecule has 5 heteroatoms. The molecular weight excluding hydrogens is 270 g/mol. The summed E-state index contributed by atoms with van der Waals surface area (Å²) in [4.78, 5) is 17.2. The standard InChI is InChI=1S/C15H15N3OS/c19-15(17-11-5-8-16-9-6-11)18-13-7-10-20-14-4-2-1-3-12(13)14/h1-6,8-9,13H,7,10H2,(H2,16,17,18,19)/t13-/m1/s1. The number of carbonyl (C=O) groups is 1. The fraction of sp³-hybridized carbons (Fsp3) is 0.200. The molecule has 102 valence electrons. The highest BCUT2D eigenvalue weighted by Crippen LogP contribution is 2.35. The number of pyridine rings is 1.